The van der Waals surface area contributed by atoms with Crippen LogP contribution in [-0.4, -0.2) is 29.0 Å². The number of non-ortho nitro benzene ring substituents is 1. The molecule has 2 aliphatic rings. The Hall–Kier alpha value is -1.66. The Kier molecular flexibility index (Phi) is 5.03. The number of benzene rings is 1. The topological polar surface area (TPSA) is 84.3 Å². The molecule has 1 aromatic rings. The molecule has 6 nitrogen and oxygen atoms in total. The summed E-state index contributed by atoms with van der Waals surface area (Å²) < 4.78 is 0. The van der Waals surface area contributed by atoms with Gasteiger partial charge >= 0.3 is 0 Å². The van der Waals surface area contributed by atoms with Crippen LogP contribution < -0.4 is 10.6 Å². The molecule has 0 spiro atoms. The number of carbonyl (C=O) groups is 1. The number of nitro groups is 1. The number of amides is 1. The van der Waals surface area contributed by atoms with Crippen molar-refractivity contribution in [3.8, 4) is 0 Å². The minimum Gasteiger partial charge on any atom is -0.349 e. The molecule has 0 aliphatic carbocycles. The molecular formula is C15H20ClN3O3. The molecule has 2 aliphatic heterocycles. The zero-order valence-electron chi connectivity index (χ0n) is 12.4. The van der Waals surface area contributed by atoms with Gasteiger partial charge in [0, 0.05) is 35.8 Å². The molecule has 22 heavy (non-hydrogen) atoms. The molecule has 2 atom stereocenters. The molecule has 120 valence electrons. The minimum atomic E-state index is -0.464. The van der Waals surface area contributed by atoms with Gasteiger partial charge < -0.3 is 10.6 Å². The predicted octanol–water partition coefficient (Wildman–Crippen LogP) is 2.34. The van der Waals surface area contributed by atoms with E-state index >= 15 is 0 Å². The van der Waals surface area contributed by atoms with E-state index in [9.17, 15) is 14.9 Å². The lowest BCUT2D eigenvalue weighted by molar-refractivity contribution is -0.384. The summed E-state index contributed by atoms with van der Waals surface area (Å²) in [6.07, 6.45) is 4.23. The van der Waals surface area contributed by atoms with E-state index in [2.05, 4.69) is 10.6 Å². The molecule has 1 aromatic carbocycles. The van der Waals surface area contributed by atoms with Crippen molar-refractivity contribution in [1.29, 1.82) is 0 Å². The second-order valence-corrected chi connectivity index (χ2v) is 6.09. The lowest BCUT2D eigenvalue weighted by Gasteiger charge is -2.29. The first-order chi connectivity index (χ1) is 10.0. The number of halogens is 1. The fourth-order valence-corrected chi connectivity index (χ4v) is 3.44. The van der Waals surface area contributed by atoms with Crippen LogP contribution in [0.4, 0.5) is 5.69 Å². The van der Waals surface area contributed by atoms with Crippen LogP contribution >= 0.6 is 12.4 Å². The van der Waals surface area contributed by atoms with E-state index in [0.717, 1.165) is 18.4 Å². The predicted molar refractivity (Wildman–Crippen MR) is 85.5 cm³/mol. The molecule has 1 amide bonds. The van der Waals surface area contributed by atoms with E-state index in [1.807, 2.05) is 0 Å². The van der Waals surface area contributed by atoms with Gasteiger partial charge in [0.05, 0.1) is 4.92 Å². The normalized spacial score (nSPS) is 26.1. The van der Waals surface area contributed by atoms with E-state index < -0.39 is 4.92 Å². The third kappa shape index (κ3) is 3.56. The Labute approximate surface area is 135 Å². The molecular weight excluding hydrogens is 306 g/mol. The summed E-state index contributed by atoms with van der Waals surface area (Å²) >= 11 is 0. The Morgan fingerprint density at radius 2 is 1.91 bits per heavy atom. The van der Waals surface area contributed by atoms with Crippen LogP contribution in [0.5, 0.6) is 0 Å². The largest absolute Gasteiger partial charge is 0.349 e. The third-order valence-corrected chi connectivity index (χ3v) is 4.34. The van der Waals surface area contributed by atoms with Crippen molar-refractivity contribution in [3.05, 3.63) is 39.4 Å². The van der Waals surface area contributed by atoms with Gasteiger partial charge in [-0.25, -0.2) is 0 Å². The van der Waals surface area contributed by atoms with Crippen LogP contribution in [0.1, 0.15) is 41.6 Å². The molecule has 2 unspecified atom stereocenters. The fourth-order valence-electron chi connectivity index (χ4n) is 3.44. The number of nitrogens with one attached hydrogen (secondary N) is 2. The second-order valence-electron chi connectivity index (χ2n) is 6.09. The molecule has 2 fully saturated rings. The Bertz CT molecular complexity index is 581. The molecule has 2 bridgehead atoms. The lowest BCUT2D eigenvalue weighted by atomic mass is 9.99. The van der Waals surface area contributed by atoms with Gasteiger partial charge in [0.1, 0.15) is 0 Å². The number of fused-ring (bicyclic) bond motifs is 2. The maximum Gasteiger partial charge on any atom is 0.270 e. The summed E-state index contributed by atoms with van der Waals surface area (Å²) in [4.78, 5) is 22.7. The molecule has 0 radical (unpaired) electrons. The molecule has 2 N–H and O–H groups in total. The number of hydrogen-bond donors (Lipinski definition) is 2. The van der Waals surface area contributed by atoms with Gasteiger partial charge in [-0.1, -0.05) is 0 Å². The highest BCUT2D eigenvalue weighted by Gasteiger charge is 2.34. The molecule has 7 heteroatoms. The van der Waals surface area contributed by atoms with E-state index in [-0.39, 0.29) is 30.0 Å². The average molecular weight is 326 g/mol. The number of nitrogens with zero attached hydrogens (tertiary/aromatic N) is 1. The zero-order chi connectivity index (χ0) is 15.0. The highest BCUT2D eigenvalue weighted by Crippen LogP contribution is 2.27. The summed E-state index contributed by atoms with van der Waals surface area (Å²) in [6, 6.07) is 5.68. The Morgan fingerprint density at radius 3 is 2.50 bits per heavy atom. The van der Waals surface area contributed by atoms with Gasteiger partial charge in [0.15, 0.2) is 0 Å². The van der Waals surface area contributed by atoms with Crippen molar-refractivity contribution >= 4 is 24.0 Å². The lowest BCUT2D eigenvalue weighted by Crippen LogP contribution is -2.48. The van der Waals surface area contributed by atoms with Crippen LogP contribution in [-0.2, 0) is 0 Å². The van der Waals surface area contributed by atoms with E-state index in [1.165, 1.54) is 25.0 Å². The average Bonchev–Trinajstić information content (AvgIpc) is 2.77. The smallest absolute Gasteiger partial charge is 0.270 e. The summed E-state index contributed by atoms with van der Waals surface area (Å²) in [7, 11) is 0. The zero-order valence-corrected chi connectivity index (χ0v) is 13.2. The van der Waals surface area contributed by atoms with Gasteiger partial charge in [-0.05, 0) is 44.2 Å². The van der Waals surface area contributed by atoms with Gasteiger partial charge in [-0.3, -0.25) is 14.9 Å². The number of nitro benzene ring substituents is 1. The molecule has 0 aromatic heterocycles. The number of aryl methyl sites for hydroxylation is 1. The monoisotopic (exact) mass is 325 g/mol. The van der Waals surface area contributed by atoms with Crippen molar-refractivity contribution < 1.29 is 9.72 Å². The van der Waals surface area contributed by atoms with Crippen LogP contribution in [0.2, 0.25) is 0 Å². The van der Waals surface area contributed by atoms with Crippen molar-refractivity contribution in [2.45, 2.75) is 50.7 Å². The highest BCUT2D eigenvalue weighted by molar-refractivity contribution is 5.95. The number of carbonyl (C=O) groups excluding carboxylic acids is 1. The summed E-state index contributed by atoms with van der Waals surface area (Å²) in [5, 5.41) is 17.4. The van der Waals surface area contributed by atoms with Crippen molar-refractivity contribution in [3.63, 3.8) is 0 Å². The van der Waals surface area contributed by atoms with Crippen LogP contribution in [0.3, 0.4) is 0 Å². The minimum absolute atomic E-state index is 0. The summed E-state index contributed by atoms with van der Waals surface area (Å²) in [6.45, 7) is 1.76. The Balaban J connectivity index is 0.00000176. The summed E-state index contributed by atoms with van der Waals surface area (Å²) in [5.74, 6) is -0.215. The number of hydrogen-bond acceptors (Lipinski definition) is 4. The summed E-state index contributed by atoms with van der Waals surface area (Å²) in [5.41, 5.74) is 1.05. The quantitative estimate of drug-likeness (QED) is 0.660. The van der Waals surface area contributed by atoms with Crippen molar-refractivity contribution in [1.82, 2.24) is 10.6 Å². The van der Waals surface area contributed by atoms with Crippen LogP contribution in [0.25, 0.3) is 0 Å². The maximum absolute atomic E-state index is 12.3. The standard InChI is InChI=1S/C15H19N3O3.ClH/c1-9-4-10(6-14(5-9)18(20)21)15(19)17-13-7-11-2-3-12(8-13)16-11;/h4-6,11-13,16H,2-3,7-8H2,1H3,(H,17,19);1H. The first-order valence-electron chi connectivity index (χ1n) is 7.34. The SMILES string of the molecule is Cc1cc(C(=O)NC2CC3CCC(C2)N3)cc([N+](=O)[O-])c1.Cl. The van der Waals surface area contributed by atoms with E-state index in [1.54, 1.807) is 13.0 Å². The molecule has 2 heterocycles. The van der Waals surface area contributed by atoms with Crippen LogP contribution in [0.15, 0.2) is 18.2 Å². The first-order valence-corrected chi connectivity index (χ1v) is 7.34. The fraction of sp³-hybridized carbons (Fsp3) is 0.533. The van der Waals surface area contributed by atoms with Gasteiger partial charge in [-0.2, -0.15) is 0 Å². The number of piperidine rings is 1. The van der Waals surface area contributed by atoms with Crippen LogP contribution in [0, 0.1) is 17.0 Å². The van der Waals surface area contributed by atoms with Gasteiger partial charge in [-0.15, -0.1) is 12.4 Å². The maximum atomic E-state index is 12.3. The second kappa shape index (κ2) is 6.62. The first kappa shape index (κ1) is 16.7. The van der Waals surface area contributed by atoms with Crippen molar-refractivity contribution in [2.24, 2.45) is 0 Å². The molecule has 0 saturated carbocycles. The van der Waals surface area contributed by atoms with E-state index in [0.29, 0.717) is 17.6 Å². The van der Waals surface area contributed by atoms with Crippen molar-refractivity contribution in [2.75, 3.05) is 0 Å². The Morgan fingerprint density at radius 1 is 1.27 bits per heavy atom. The van der Waals surface area contributed by atoms with E-state index in [4.69, 9.17) is 0 Å². The van der Waals surface area contributed by atoms with Gasteiger partial charge in [0.2, 0.25) is 0 Å². The highest BCUT2D eigenvalue weighted by atomic mass is 35.5. The molecule has 2 saturated heterocycles. The number of rotatable bonds is 3. The third-order valence-electron chi connectivity index (χ3n) is 4.34. The molecule has 3 rings (SSSR count). The van der Waals surface area contributed by atoms with Gasteiger partial charge in [0.25, 0.3) is 11.6 Å².